The molecule has 0 fully saturated rings. The maximum Gasteiger partial charge on any atom is 0.190 e. The summed E-state index contributed by atoms with van der Waals surface area (Å²) in [5.74, 6) is 1.64. The number of oxime groups is 1. The van der Waals surface area contributed by atoms with E-state index < -0.39 is 0 Å². The molecule has 1 aromatic heterocycles. The zero-order valence-corrected chi connectivity index (χ0v) is 10.00. The minimum absolute atomic E-state index is 0.114. The summed E-state index contributed by atoms with van der Waals surface area (Å²) in [7, 11) is 1.65. The third-order valence-electron chi connectivity index (χ3n) is 2.95. The Balaban J connectivity index is 1.74. The monoisotopic (exact) mass is 243 g/mol. The number of hydrogen-bond donors (Lipinski definition) is 0. The first-order valence-corrected chi connectivity index (χ1v) is 5.77. The number of nitrogens with zero attached hydrogens (tertiary/aromatic N) is 1. The Morgan fingerprint density at radius 1 is 1.22 bits per heavy atom. The summed E-state index contributed by atoms with van der Waals surface area (Å²) in [6.07, 6.45) is 2.25. The van der Waals surface area contributed by atoms with Crippen molar-refractivity contribution < 1.29 is 14.0 Å². The predicted molar refractivity (Wildman–Crippen MR) is 66.7 cm³/mol. The third-order valence-corrected chi connectivity index (χ3v) is 2.95. The van der Waals surface area contributed by atoms with Crippen LogP contribution < -0.4 is 4.74 Å². The van der Waals surface area contributed by atoms with Crippen molar-refractivity contribution in [2.75, 3.05) is 7.11 Å². The van der Waals surface area contributed by atoms with Gasteiger partial charge in [-0.1, -0.05) is 5.16 Å². The normalized spacial score (nSPS) is 18.3. The average molecular weight is 243 g/mol. The highest BCUT2D eigenvalue weighted by Gasteiger charge is 2.25. The molecule has 0 saturated carbocycles. The summed E-state index contributed by atoms with van der Waals surface area (Å²) in [5, 5.41) is 4.11. The topological polar surface area (TPSA) is 44.0 Å². The van der Waals surface area contributed by atoms with Crippen LogP contribution in [0.4, 0.5) is 0 Å². The second-order valence-electron chi connectivity index (χ2n) is 4.08. The quantitative estimate of drug-likeness (QED) is 0.831. The molecule has 2 aromatic rings. The van der Waals surface area contributed by atoms with Crippen LogP contribution in [0, 0.1) is 0 Å². The molecule has 0 amide bonds. The van der Waals surface area contributed by atoms with E-state index >= 15 is 0 Å². The predicted octanol–water partition coefficient (Wildman–Crippen LogP) is 3.15. The molecule has 0 N–H and O–H groups in total. The van der Waals surface area contributed by atoms with Crippen LogP contribution in [0.3, 0.4) is 0 Å². The highest BCUT2D eigenvalue weighted by molar-refractivity contribution is 6.01. The summed E-state index contributed by atoms with van der Waals surface area (Å²) in [6.45, 7) is 0. The SMILES string of the molecule is COc1ccc(C2=NOC(c3ccco3)C2)cc1. The molecule has 18 heavy (non-hydrogen) atoms. The fourth-order valence-electron chi connectivity index (χ4n) is 1.96. The first-order valence-electron chi connectivity index (χ1n) is 5.77. The summed E-state index contributed by atoms with van der Waals surface area (Å²) in [5.41, 5.74) is 1.98. The maximum atomic E-state index is 5.38. The van der Waals surface area contributed by atoms with Gasteiger partial charge in [-0.05, 0) is 42.0 Å². The standard InChI is InChI=1S/C14H13NO3/c1-16-11-6-4-10(5-7-11)12-9-14(18-15-12)13-3-2-8-17-13/h2-8,14H,9H2,1H3. The maximum absolute atomic E-state index is 5.38. The number of benzene rings is 1. The lowest BCUT2D eigenvalue weighted by molar-refractivity contribution is 0.0689. The van der Waals surface area contributed by atoms with Crippen LogP contribution in [0.1, 0.15) is 23.8 Å². The average Bonchev–Trinajstić information content (AvgIpc) is 3.09. The molecule has 1 aliphatic heterocycles. The minimum Gasteiger partial charge on any atom is -0.497 e. The summed E-state index contributed by atoms with van der Waals surface area (Å²) in [6, 6.07) is 11.5. The van der Waals surface area contributed by atoms with Gasteiger partial charge in [0.2, 0.25) is 0 Å². The molecular weight excluding hydrogens is 230 g/mol. The van der Waals surface area contributed by atoms with Crippen LogP contribution in [0.5, 0.6) is 5.75 Å². The first kappa shape index (κ1) is 10.9. The van der Waals surface area contributed by atoms with Crippen molar-refractivity contribution in [3.63, 3.8) is 0 Å². The Morgan fingerprint density at radius 3 is 2.72 bits per heavy atom. The van der Waals surface area contributed by atoms with Gasteiger partial charge in [-0.3, -0.25) is 0 Å². The van der Waals surface area contributed by atoms with E-state index in [4.69, 9.17) is 14.0 Å². The van der Waals surface area contributed by atoms with E-state index in [2.05, 4.69) is 5.16 Å². The molecule has 92 valence electrons. The lowest BCUT2D eigenvalue weighted by Crippen LogP contribution is -2.00. The molecular formula is C14H13NO3. The lowest BCUT2D eigenvalue weighted by Gasteiger charge is -2.04. The van der Waals surface area contributed by atoms with Crippen molar-refractivity contribution >= 4 is 5.71 Å². The Bertz CT molecular complexity index is 543. The highest BCUT2D eigenvalue weighted by atomic mass is 16.6. The molecule has 1 atom stereocenters. The van der Waals surface area contributed by atoms with E-state index in [1.807, 2.05) is 36.4 Å². The molecule has 4 heteroatoms. The molecule has 0 bridgehead atoms. The van der Waals surface area contributed by atoms with Crippen LogP contribution in [0.15, 0.2) is 52.2 Å². The molecule has 0 aliphatic carbocycles. The van der Waals surface area contributed by atoms with Crippen molar-refractivity contribution in [3.05, 3.63) is 54.0 Å². The summed E-state index contributed by atoms with van der Waals surface area (Å²) >= 11 is 0. The van der Waals surface area contributed by atoms with Crippen LogP contribution in [-0.4, -0.2) is 12.8 Å². The number of furan rings is 1. The van der Waals surface area contributed by atoms with Gasteiger partial charge in [-0.25, -0.2) is 0 Å². The lowest BCUT2D eigenvalue weighted by atomic mass is 10.0. The Kier molecular flexibility index (Phi) is 2.76. The smallest absolute Gasteiger partial charge is 0.190 e. The second-order valence-corrected chi connectivity index (χ2v) is 4.08. The van der Waals surface area contributed by atoms with Gasteiger partial charge in [0.25, 0.3) is 0 Å². The van der Waals surface area contributed by atoms with E-state index in [-0.39, 0.29) is 6.10 Å². The van der Waals surface area contributed by atoms with E-state index in [0.29, 0.717) is 0 Å². The molecule has 0 radical (unpaired) electrons. The van der Waals surface area contributed by atoms with Crippen LogP contribution in [-0.2, 0) is 4.84 Å². The van der Waals surface area contributed by atoms with Gasteiger partial charge in [0.05, 0.1) is 19.1 Å². The van der Waals surface area contributed by atoms with Crippen LogP contribution in [0.25, 0.3) is 0 Å². The van der Waals surface area contributed by atoms with E-state index in [9.17, 15) is 0 Å². The molecule has 0 spiro atoms. The van der Waals surface area contributed by atoms with E-state index in [1.54, 1.807) is 13.4 Å². The zero-order chi connectivity index (χ0) is 12.4. The third kappa shape index (κ3) is 1.97. The molecule has 1 aliphatic rings. The molecule has 2 heterocycles. The van der Waals surface area contributed by atoms with Gasteiger partial charge >= 0.3 is 0 Å². The van der Waals surface area contributed by atoms with E-state index in [0.717, 1.165) is 29.2 Å². The van der Waals surface area contributed by atoms with Gasteiger partial charge in [-0.15, -0.1) is 0 Å². The van der Waals surface area contributed by atoms with Gasteiger partial charge in [-0.2, -0.15) is 0 Å². The van der Waals surface area contributed by atoms with Gasteiger partial charge < -0.3 is 14.0 Å². The highest BCUT2D eigenvalue weighted by Crippen LogP contribution is 2.29. The van der Waals surface area contributed by atoms with Crippen LogP contribution in [0.2, 0.25) is 0 Å². The summed E-state index contributed by atoms with van der Waals surface area (Å²) < 4.78 is 10.4. The number of ether oxygens (including phenoxy) is 1. The van der Waals surface area contributed by atoms with Crippen molar-refractivity contribution in [2.24, 2.45) is 5.16 Å². The van der Waals surface area contributed by atoms with Crippen molar-refractivity contribution in [1.82, 2.24) is 0 Å². The van der Waals surface area contributed by atoms with Crippen LogP contribution >= 0.6 is 0 Å². The molecule has 0 saturated heterocycles. The van der Waals surface area contributed by atoms with Gasteiger partial charge in [0, 0.05) is 6.42 Å². The summed E-state index contributed by atoms with van der Waals surface area (Å²) in [4.78, 5) is 5.38. The molecule has 3 rings (SSSR count). The van der Waals surface area contributed by atoms with Crippen molar-refractivity contribution in [3.8, 4) is 5.75 Å². The van der Waals surface area contributed by atoms with Gasteiger partial charge in [0.15, 0.2) is 6.10 Å². The molecule has 1 unspecified atom stereocenters. The van der Waals surface area contributed by atoms with E-state index in [1.165, 1.54) is 0 Å². The number of hydrogen-bond acceptors (Lipinski definition) is 4. The second kappa shape index (κ2) is 4.56. The first-order chi connectivity index (χ1) is 8.86. The Labute approximate surface area is 105 Å². The number of methoxy groups -OCH3 is 1. The van der Waals surface area contributed by atoms with Crippen molar-refractivity contribution in [2.45, 2.75) is 12.5 Å². The Morgan fingerprint density at radius 2 is 2.06 bits per heavy atom. The van der Waals surface area contributed by atoms with Gasteiger partial charge in [0.1, 0.15) is 11.5 Å². The minimum atomic E-state index is -0.114. The van der Waals surface area contributed by atoms with Crippen molar-refractivity contribution in [1.29, 1.82) is 0 Å². The zero-order valence-electron chi connectivity index (χ0n) is 10.00. The fraction of sp³-hybridized carbons (Fsp3) is 0.214. The molecule has 4 nitrogen and oxygen atoms in total. The largest absolute Gasteiger partial charge is 0.497 e. The molecule has 1 aromatic carbocycles. The fourth-order valence-corrected chi connectivity index (χ4v) is 1.96. The number of rotatable bonds is 3. The Hall–Kier alpha value is -2.23.